The number of unbranched alkanes of at least 4 members (excludes halogenated alkanes) is 1. The Labute approximate surface area is 283 Å². The Kier molecular flexibility index (Phi) is 16.8. The van der Waals surface area contributed by atoms with E-state index in [0.29, 0.717) is 6.61 Å². The highest BCUT2D eigenvalue weighted by Crippen LogP contribution is 2.48. The lowest BCUT2D eigenvalue weighted by Crippen LogP contribution is -2.59. The molecular formula is C35H58O10Si2. The second-order valence-corrected chi connectivity index (χ2v) is 23.9. The van der Waals surface area contributed by atoms with Gasteiger partial charge in [-0.05, 0) is 69.9 Å². The van der Waals surface area contributed by atoms with Crippen LogP contribution >= 0.6 is 0 Å². The van der Waals surface area contributed by atoms with E-state index in [1.165, 1.54) is 37.9 Å². The molecule has 0 radical (unpaired) electrons. The van der Waals surface area contributed by atoms with Crippen LogP contribution in [0, 0.1) is 0 Å². The normalized spacial score (nSPS) is 13.4. The lowest BCUT2D eigenvalue weighted by atomic mass is 10.0. The lowest BCUT2D eigenvalue weighted by molar-refractivity contribution is -0.140. The number of carboxylic acid groups (broad SMARTS) is 1. The van der Waals surface area contributed by atoms with Crippen molar-refractivity contribution in [2.75, 3.05) is 33.0 Å². The smallest absolute Gasteiger partial charge is 0.339 e. The highest BCUT2D eigenvalue weighted by molar-refractivity contribution is 6.82. The van der Waals surface area contributed by atoms with E-state index in [9.17, 15) is 24.3 Å². The number of hydrogen-bond donors (Lipinski definition) is 1. The molecule has 0 aliphatic carbocycles. The molecule has 0 saturated carbocycles. The number of carbonyl (C=O) groups is 4. The van der Waals surface area contributed by atoms with Crippen molar-refractivity contribution in [2.24, 2.45) is 0 Å². The minimum absolute atomic E-state index is 0.0509. The van der Waals surface area contributed by atoms with E-state index in [1.54, 1.807) is 0 Å². The molecule has 0 aliphatic rings. The highest BCUT2D eigenvalue weighted by Gasteiger charge is 2.50. The molecule has 0 amide bonds. The maximum atomic E-state index is 12.7. The van der Waals surface area contributed by atoms with Gasteiger partial charge in [0.05, 0.1) is 31.4 Å². The monoisotopic (exact) mass is 694 g/mol. The van der Waals surface area contributed by atoms with Crippen molar-refractivity contribution < 1.29 is 47.7 Å². The summed E-state index contributed by atoms with van der Waals surface area (Å²) in [5, 5.41) is 9.60. The van der Waals surface area contributed by atoms with E-state index in [2.05, 4.69) is 67.4 Å². The molecule has 0 heterocycles. The number of esters is 3. The van der Waals surface area contributed by atoms with Gasteiger partial charge >= 0.3 is 23.9 Å². The van der Waals surface area contributed by atoms with E-state index in [-0.39, 0.29) is 53.4 Å². The van der Waals surface area contributed by atoms with Crippen LogP contribution in [0.25, 0.3) is 0 Å². The average Bonchev–Trinajstić information content (AvgIpc) is 2.99. The van der Waals surface area contributed by atoms with Crippen molar-refractivity contribution in [1.29, 1.82) is 0 Å². The summed E-state index contributed by atoms with van der Waals surface area (Å²) >= 11 is 0. The van der Waals surface area contributed by atoms with Crippen molar-refractivity contribution in [3.05, 3.63) is 47.0 Å². The van der Waals surface area contributed by atoms with Crippen molar-refractivity contribution in [3.63, 3.8) is 0 Å². The Morgan fingerprint density at radius 3 is 2.00 bits per heavy atom. The summed E-state index contributed by atoms with van der Waals surface area (Å²) in [6, 6.07) is 4.79. The van der Waals surface area contributed by atoms with E-state index in [0.717, 1.165) is 25.3 Å². The van der Waals surface area contributed by atoms with E-state index in [1.807, 2.05) is 0 Å². The second kappa shape index (κ2) is 18.7. The third-order valence-electron chi connectivity index (χ3n) is 9.61. The maximum absolute atomic E-state index is 12.7. The fourth-order valence-corrected chi connectivity index (χ4v) is 12.0. The first-order valence-corrected chi connectivity index (χ1v) is 22.7. The van der Waals surface area contributed by atoms with Gasteiger partial charge in [0, 0.05) is 17.4 Å². The molecule has 1 N–H and O–H groups in total. The minimum Gasteiger partial charge on any atom is -0.478 e. The summed E-state index contributed by atoms with van der Waals surface area (Å²) in [4.78, 5) is 48.3. The van der Waals surface area contributed by atoms with E-state index < -0.39 is 45.8 Å². The van der Waals surface area contributed by atoms with Crippen LogP contribution in [0.1, 0.15) is 105 Å². The van der Waals surface area contributed by atoms with Crippen LogP contribution in [-0.4, -0.2) is 83.6 Å². The van der Waals surface area contributed by atoms with E-state index >= 15 is 0 Å². The Morgan fingerprint density at radius 1 is 0.830 bits per heavy atom. The first-order valence-electron chi connectivity index (χ1n) is 16.6. The van der Waals surface area contributed by atoms with Gasteiger partial charge in [0.25, 0.3) is 0 Å². The summed E-state index contributed by atoms with van der Waals surface area (Å²) in [6.07, 6.45) is 5.27. The maximum Gasteiger partial charge on any atom is 0.339 e. The fourth-order valence-electron chi connectivity index (χ4n) is 5.16. The lowest BCUT2D eigenvalue weighted by Gasteiger charge is -2.51. The van der Waals surface area contributed by atoms with Gasteiger partial charge in [0.15, 0.2) is 8.32 Å². The molecule has 10 nitrogen and oxygen atoms in total. The molecule has 12 heteroatoms. The van der Waals surface area contributed by atoms with Gasteiger partial charge in [0.2, 0.25) is 0 Å². The van der Waals surface area contributed by atoms with Crippen LogP contribution in [0.3, 0.4) is 0 Å². The Morgan fingerprint density at radius 2 is 1.43 bits per heavy atom. The molecule has 1 unspecified atom stereocenters. The topological polar surface area (TPSA) is 135 Å². The van der Waals surface area contributed by atoms with Crippen LogP contribution in [0.2, 0.25) is 37.3 Å². The zero-order chi connectivity index (χ0) is 36.1. The van der Waals surface area contributed by atoms with Gasteiger partial charge in [-0.3, -0.25) is 0 Å². The summed E-state index contributed by atoms with van der Waals surface area (Å²) < 4.78 is 28.0. The molecule has 1 aromatic carbocycles. The number of carboxylic acids is 1. The minimum atomic E-state index is -2.10. The number of benzene rings is 1. The number of hydrogen-bond acceptors (Lipinski definition) is 9. The molecule has 1 atom stereocenters. The van der Waals surface area contributed by atoms with Crippen LogP contribution in [0.15, 0.2) is 30.4 Å². The SMILES string of the molecule is C=C(C)C(=O)OCCOC(=O)c1ccc(C(=O)OCCOCCCC(C)(CC)[Si](C)(C)OC(C)(C)[Si](C)(C)CCCC)c(C(=O)O)c1. The zero-order valence-electron chi connectivity index (χ0n) is 30.3. The van der Waals surface area contributed by atoms with Crippen LogP contribution in [-0.2, 0) is 28.2 Å². The summed E-state index contributed by atoms with van der Waals surface area (Å²) in [5.74, 6) is -3.68. The Bertz CT molecular complexity index is 1240. The van der Waals surface area contributed by atoms with Gasteiger partial charge in [-0.15, -0.1) is 0 Å². The quantitative estimate of drug-likeness (QED) is 0.0421. The van der Waals surface area contributed by atoms with Gasteiger partial charge in [-0.2, -0.15) is 0 Å². The van der Waals surface area contributed by atoms with Gasteiger partial charge in [-0.25, -0.2) is 19.2 Å². The fraction of sp³-hybridized carbons (Fsp3) is 0.657. The highest BCUT2D eigenvalue weighted by atomic mass is 28.4. The molecule has 266 valence electrons. The summed E-state index contributed by atoms with van der Waals surface area (Å²) in [6.45, 7) is 26.1. The Balaban J connectivity index is 2.63. The molecule has 0 aromatic heterocycles. The molecule has 1 rings (SSSR count). The van der Waals surface area contributed by atoms with Crippen molar-refractivity contribution in [3.8, 4) is 0 Å². The second-order valence-electron chi connectivity index (χ2n) is 14.0. The van der Waals surface area contributed by atoms with Crippen LogP contribution in [0.5, 0.6) is 0 Å². The van der Waals surface area contributed by atoms with Gasteiger partial charge < -0.3 is 28.5 Å². The third kappa shape index (κ3) is 12.6. The van der Waals surface area contributed by atoms with Crippen molar-refractivity contribution >= 4 is 40.3 Å². The van der Waals surface area contributed by atoms with E-state index in [4.69, 9.17) is 23.4 Å². The summed E-state index contributed by atoms with van der Waals surface area (Å²) in [7, 11) is -3.69. The molecule has 0 aliphatic heterocycles. The van der Waals surface area contributed by atoms with Crippen molar-refractivity contribution in [2.45, 2.75) is 116 Å². The van der Waals surface area contributed by atoms with Gasteiger partial charge in [-0.1, -0.05) is 65.8 Å². The molecule has 0 fully saturated rings. The largest absolute Gasteiger partial charge is 0.478 e. The first kappa shape index (κ1) is 42.2. The zero-order valence-corrected chi connectivity index (χ0v) is 32.3. The molecule has 0 bridgehead atoms. The molecule has 47 heavy (non-hydrogen) atoms. The predicted octanol–water partition coefficient (Wildman–Crippen LogP) is 7.83. The van der Waals surface area contributed by atoms with Crippen LogP contribution < -0.4 is 0 Å². The molecule has 0 spiro atoms. The van der Waals surface area contributed by atoms with Crippen molar-refractivity contribution in [1.82, 2.24) is 0 Å². The first-order chi connectivity index (χ1) is 21.7. The number of rotatable bonds is 22. The third-order valence-corrected chi connectivity index (χ3v) is 19.3. The predicted molar refractivity (Wildman–Crippen MR) is 188 cm³/mol. The molecule has 1 aromatic rings. The number of aromatic carboxylic acids is 1. The van der Waals surface area contributed by atoms with Crippen LogP contribution in [0.4, 0.5) is 0 Å². The summed E-state index contributed by atoms with van der Waals surface area (Å²) in [5.41, 5.74) is -0.457. The standard InChI is InChI=1S/C35H58O10Si2/c1-12-14-24-46(8,9)34(5,6)45-47(10,11)35(7,13-2)18-15-19-41-20-21-44-33(40)28-17-16-27(25-29(28)30(36)37)32(39)43-23-22-42-31(38)26(3)4/h16-17,25H,3,12-15,18-24H2,1-2,4-11H3,(H,36,37). The Hall–Kier alpha value is -2.81. The average molecular weight is 695 g/mol. The number of carbonyl (C=O) groups excluding carboxylic acids is 3. The number of ether oxygens (including phenoxy) is 4. The molecular weight excluding hydrogens is 637 g/mol. The van der Waals surface area contributed by atoms with Gasteiger partial charge in [0.1, 0.15) is 19.8 Å². The molecule has 0 saturated heterocycles.